The molecule has 148 valence electrons. The van der Waals surface area contributed by atoms with Gasteiger partial charge >= 0.3 is 12.1 Å². The molecule has 0 unspecified atom stereocenters. The van der Waals surface area contributed by atoms with E-state index in [0.717, 1.165) is 11.1 Å². The van der Waals surface area contributed by atoms with Gasteiger partial charge in [0.25, 0.3) is 0 Å². The van der Waals surface area contributed by atoms with Gasteiger partial charge in [0.2, 0.25) is 0 Å². The van der Waals surface area contributed by atoms with Crippen molar-refractivity contribution >= 4 is 12.1 Å². The molecule has 0 bridgehead atoms. The molecule has 1 aliphatic rings. The topological polar surface area (TPSA) is 84.9 Å². The van der Waals surface area contributed by atoms with Crippen molar-refractivity contribution in [2.75, 3.05) is 6.61 Å². The highest BCUT2D eigenvalue weighted by atomic mass is 16.5. The average molecular weight is 383 g/mol. The molecule has 1 aliphatic carbocycles. The second kappa shape index (κ2) is 8.89. The molecule has 0 aliphatic heterocycles. The van der Waals surface area contributed by atoms with Crippen LogP contribution >= 0.6 is 0 Å². The van der Waals surface area contributed by atoms with Crippen LogP contribution in [-0.2, 0) is 32.9 Å². The van der Waals surface area contributed by atoms with Gasteiger partial charge in [-0.2, -0.15) is 0 Å². The minimum atomic E-state index is -1.39. The molecular weight excluding hydrogens is 358 g/mol. The maximum atomic E-state index is 12.2. The number of nitrogens with one attached hydrogen (secondary N) is 1. The van der Waals surface area contributed by atoms with Crippen LogP contribution in [0.2, 0.25) is 0 Å². The molecule has 0 fully saturated rings. The van der Waals surface area contributed by atoms with E-state index in [1.165, 1.54) is 0 Å². The Morgan fingerprint density at radius 1 is 1.11 bits per heavy atom. The maximum absolute atomic E-state index is 12.2. The van der Waals surface area contributed by atoms with Gasteiger partial charge in [-0.15, -0.1) is 0 Å². The Morgan fingerprint density at radius 2 is 1.82 bits per heavy atom. The Bertz CT molecular complexity index is 823. The van der Waals surface area contributed by atoms with Gasteiger partial charge in [0.05, 0.1) is 13.0 Å². The van der Waals surface area contributed by atoms with E-state index < -0.39 is 17.7 Å². The number of aliphatic hydroxyl groups is 1. The van der Waals surface area contributed by atoms with Gasteiger partial charge in [0.15, 0.2) is 0 Å². The van der Waals surface area contributed by atoms with E-state index >= 15 is 0 Å². The summed E-state index contributed by atoms with van der Waals surface area (Å²) >= 11 is 0. The summed E-state index contributed by atoms with van der Waals surface area (Å²) in [6.07, 6.45) is 0.0619. The standard InChI is InChI=1S/C22H25NO5/c1-2-27-20(24)14-22(26)13-18(12-17-10-6-7-11-19(17)22)23-21(25)28-15-16-8-4-3-5-9-16/h3-11,18,26H,2,12-15H2,1H3,(H,23,25)/t18-,22+/m1/s1. The zero-order chi connectivity index (χ0) is 20.0. The minimum Gasteiger partial charge on any atom is -0.466 e. The number of rotatable bonds is 6. The Balaban J connectivity index is 1.67. The van der Waals surface area contributed by atoms with Gasteiger partial charge in [-0.25, -0.2) is 4.79 Å². The van der Waals surface area contributed by atoms with Crippen LogP contribution in [0.4, 0.5) is 4.79 Å². The number of carbonyl (C=O) groups is 2. The van der Waals surface area contributed by atoms with Crippen LogP contribution in [0.3, 0.4) is 0 Å². The number of benzene rings is 2. The molecule has 2 aromatic rings. The SMILES string of the molecule is CCOC(=O)C[C@@]1(O)C[C@H](NC(=O)OCc2ccccc2)Cc2ccccc21. The summed E-state index contributed by atoms with van der Waals surface area (Å²) < 4.78 is 10.3. The van der Waals surface area contributed by atoms with Crippen molar-refractivity contribution in [1.29, 1.82) is 0 Å². The van der Waals surface area contributed by atoms with Gasteiger partial charge in [0, 0.05) is 12.5 Å². The molecule has 6 heteroatoms. The predicted octanol–water partition coefficient (Wildman–Crippen LogP) is 3.07. The Morgan fingerprint density at radius 3 is 2.57 bits per heavy atom. The summed E-state index contributed by atoms with van der Waals surface area (Å²) in [5, 5.41) is 14.0. The average Bonchev–Trinajstić information content (AvgIpc) is 2.67. The fourth-order valence-electron chi connectivity index (χ4n) is 3.66. The number of hydrogen-bond acceptors (Lipinski definition) is 5. The maximum Gasteiger partial charge on any atom is 0.407 e. The molecule has 2 N–H and O–H groups in total. The molecular formula is C22H25NO5. The molecule has 0 heterocycles. The van der Waals surface area contributed by atoms with Gasteiger partial charge in [-0.1, -0.05) is 54.6 Å². The summed E-state index contributed by atoms with van der Waals surface area (Å²) in [6, 6.07) is 16.5. The van der Waals surface area contributed by atoms with E-state index in [9.17, 15) is 14.7 Å². The van der Waals surface area contributed by atoms with Gasteiger partial charge in [-0.3, -0.25) is 4.79 Å². The van der Waals surface area contributed by atoms with E-state index in [2.05, 4.69) is 5.32 Å². The highest BCUT2D eigenvalue weighted by Crippen LogP contribution is 2.38. The lowest BCUT2D eigenvalue weighted by Crippen LogP contribution is -2.47. The molecule has 3 rings (SSSR count). The number of amides is 1. The molecule has 0 radical (unpaired) electrons. The number of ether oxygens (including phenoxy) is 2. The Labute approximate surface area is 164 Å². The van der Waals surface area contributed by atoms with E-state index in [-0.39, 0.29) is 32.1 Å². The third kappa shape index (κ3) is 4.89. The van der Waals surface area contributed by atoms with Gasteiger partial charge < -0.3 is 19.9 Å². The van der Waals surface area contributed by atoms with Crippen LogP contribution < -0.4 is 5.32 Å². The zero-order valence-electron chi connectivity index (χ0n) is 15.9. The van der Waals surface area contributed by atoms with Crippen molar-refractivity contribution in [3.63, 3.8) is 0 Å². The van der Waals surface area contributed by atoms with Gasteiger partial charge in [-0.05, 0) is 30.0 Å². The highest BCUT2D eigenvalue weighted by Gasteiger charge is 2.41. The lowest BCUT2D eigenvalue weighted by atomic mass is 9.75. The lowest BCUT2D eigenvalue weighted by Gasteiger charge is -2.38. The quantitative estimate of drug-likeness (QED) is 0.749. The van der Waals surface area contributed by atoms with Crippen LogP contribution in [0.1, 0.15) is 36.5 Å². The predicted molar refractivity (Wildman–Crippen MR) is 103 cm³/mol. The highest BCUT2D eigenvalue weighted by molar-refractivity contribution is 5.72. The minimum absolute atomic E-state index is 0.158. The third-order valence-corrected chi connectivity index (χ3v) is 4.85. The molecule has 0 aromatic heterocycles. The Hall–Kier alpha value is -2.86. The lowest BCUT2D eigenvalue weighted by molar-refractivity contribution is -0.150. The summed E-state index contributed by atoms with van der Waals surface area (Å²) in [5.41, 5.74) is 1.11. The summed E-state index contributed by atoms with van der Waals surface area (Å²) in [5.74, 6) is -0.466. The van der Waals surface area contributed by atoms with Crippen molar-refractivity contribution in [3.05, 3.63) is 71.3 Å². The fraction of sp³-hybridized carbons (Fsp3) is 0.364. The number of hydrogen-bond donors (Lipinski definition) is 2. The summed E-state index contributed by atoms with van der Waals surface area (Å²) in [6.45, 7) is 2.15. The monoisotopic (exact) mass is 383 g/mol. The molecule has 0 saturated heterocycles. The molecule has 28 heavy (non-hydrogen) atoms. The van der Waals surface area contributed by atoms with Crippen molar-refractivity contribution in [1.82, 2.24) is 5.32 Å². The largest absolute Gasteiger partial charge is 0.466 e. The summed E-state index contributed by atoms with van der Waals surface area (Å²) in [4.78, 5) is 24.2. The number of alkyl carbamates (subject to hydrolysis) is 1. The zero-order valence-corrected chi connectivity index (χ0v) is 15.9. The van der Waals surface area contributed by atoms with Crippen LogP contribution in [0.25, 0.3) is 0 Å². The van der Waals surface area contributed by atoms with Crippen molar-refractivity contribution < 1.29 is 24.2 Å². The van der Waals surface area contributed by atoms with Crippen molar-refractivity contribution in [3.8, 4) is 0 Å². The Kier molecular flexibility index (Phi) is 6.31. The second-order valence-corrected chi connectivity index (χ2v) is 6.98. The molecule has 1 amide bonds. The third-order valence-electron chi connectivity index (χ3n) is 4.85. The van der Waals surface area contributed by atoms with Crippen molar-refractivity contribution in [2.24, 2.45) is 0 Å². The normalized spacial score (nSPS) is 20.7. The van der Waals surface area contributed by atoms with Crippen LogP contribution in [0, 0.1) is 0 Å². The number of esters is 1. The molecule has 6 nitrogen and oxygen atoms in total. The first-order valence-electron chi connectivity index (χ1n) is 9.44. The van der Waals surface area contributed by atoms with E-state index in [0.29, 0.717) is 12.0 Å². The van der Waals surface area contributed by atoms with E-state index in [1.807, 2.05) is 54.6 Å². The second-order valence-electron chi connectivity index (χ2n) is 6.98. The first-order valence-corrected chi connectivity index (χ1v) is 9.44. The van der Waals surface area contributed by atoms with Crippen molar-refractivity contribution in [2.45, 2.75) is 44.4 Å². The fourth-order valence-corrected chi connectivity index (χ4v) is 3.66. The first-order chi connectivity index (χ1) is 13.5. The first kappa shape index (κ1) is 19.9. The molecule has 0 saturated carbocycles. The van der Waals surface area contributed by atoms with Crippen LogP contribution in [0.15, 0.2) is 54.6 Å². The summed E-state index contributed by atoms with van der Waals surface area (Å²) in [7, 11) is 0. The smallest absolute Gasteiger partial charge is 0.407 e. The van der Waals surface area contributed by atoms with E-state index in [4.69, 9.17) is 9.47 Å². The number of fused-ring (bicyclic) bond motifs is 1. The van der Waals surface area contributed by atoms with E-state index in [1.54, 1.807) is 6.92 Å². The van der Waals surface area contributed by atoms with Gasteiger partial charge in [0.1, 0.15) is 12.2 Å². The molecule has 2 atom stereocenters. The van der Waals surface area contributed by atoms with Crippen LogP contribution in [0.5, 0.6) is 0 Å². The molecule has 0 spiro atoms. The number of carbonyl (C=O) groups excluding carboxylic acids is 2. The van der Waals surface area contributed by atoms with Crippen LogP contribution in [-0.4, -0.2) is 29.8 Å². The molecule has 2 aromatic carbocycles.